The van der Waals surface area contributed by atoms with E-state index in [2.05, 4.69) is 5.32 Å². The third-order valence-electron chi connectivity index (χ3n) is 3.64. The highest BCUT2D eigenvalue weighted by Gasteiger charge is 2.33. The molecule has 110 valence electrons. The van der Waals surface area contributed by atoms with Crippen LogP contribution in [0.1, 0.15) is 24.4 Å². The van der Waals surface area contributed by atoms with Crippen molar-refractivity contribution >= 4 is 17.3 Å². The zero-order valence-electron chi connectivity index (χ0n) is 11.0. The molecule has 1 nitrogen and oxygen atoms in total. The van der Waals surface area contributed by atoms with Gasteiger partial charge < -0.3 is 5.32 Å². The van der Waals surface area contributed by atoms with Gasteiger partial charge in [0.05, 0.1) is 11.7 Å². The van der Waals surface area contributed by atoms with Crippen molar-refractivity contribution in [2.24, 2.45) is 5.92 Å². The van der Waals surface area contributed by atoms with E-state index in [0.29, 0.717) is 17.0 Å². The number of anilines is 1. The molecule has 1 saturated carbocycles. The van der Waals surface area contributed by atoms with Gasteiger partial charge in [-0.2, -0.15) is 0 Å². The lowest BCUT2D eigenvalue weighted by Gasteiger charge is -2.20. The van der Waals surface area contributed by atoms with Crippen molar-refractivity contribution in [3.05, 3.63) is 64.4 Å². The van der Waals surface area contributed by atoms with Crippen molar-refractivity contribution in [2.75, 3.05) is 5.32 Å². The largest absolute Gasteiger partial charge is 0.376 e. The van der Waals surface area contributed by atoms with Gasteiger partial charge >= 0.3 is 0 Å². The predicted molar refractivity (Wildman–Crippen MR) is 76.9 cm³/mol. The molecule has 0 heterocycles. The second-order valence-corrected chi connectivity index (χ2v) is 5.69. The van der Waals surface area contributed by atoms with E-state index in [-0.39, 0.29) is 11.7 Å². The molecule has 1 atom stereocenters. The standard InChI is InChI=1S/C16H13ClF3N/c17-11-5-3-10(4-6-11)16(9-1-2-9)21-15-8-13(19)12(18)7-14(15)20/h3-9,16,21H,1-2H2. The van der Waals surface area contributed by atoms with Gasteiger partial charge in [-0.1, -0.05) is 23.7 Å². The van der Waals surface area contributed by atoms with Crippen LogP contribution in [0.25, 0.3) is 0 Å². The fraction of sp³-hybridized carbons (Fsp3) is 0.250. The van der Waals surface area contributed by atoms with Crippen LogP contribution >= 0.6 is 11.6 Å². The van der Waals surface area contributed by atoms with Crippen LogP contribution < -0.4 is 5.32 Å². The average Bonchev–Trinajstić information content (AvgIpc) is 3.27. The number of benzene rings is 2. The number of halogens is 4. The summed E-state index contributed by atoms with van der Waals surface area (Å²) in [6.45, 7) is 0. The third-order valence-corrected chi connectivity index (χ3v) is 3.90. The highest BCUT2D eigenvalue weighted by atomic mass is 35.5. The first-order valence-electron chi connectivity index (χ1n) is 6.71. The average molecular weight is 312 g/mol. The molecule has 3 rings (SSSR count). The second-order valence-electron chi connectivity index (χ2n) is 5.26. The van der Waals surface area contributed by atoms with Gasteiger partial charge in [-0.3, -0.25) is 0 Å². The summed E-state index contributed by atoms with van der Waals surface area (Å²) in [5, 5.41) is 3.61. The molecular weight excluding hydrogens is 299 g/mol. The SMILES string of the molecule is Fc1cc(F)c(NC(c2ccc(Cl)cc2)C2CC2)cc1F. The molecule has 0 saturated heterocycles. The van der Waals surface area contributed by atoms with E-state index in [1.54, 1.807) is 12.1 Å². The van der Waals surface area contributed by atoms with Crippen LogP contribution in [0.4, 0.5) is 18.9 Å². The fourth-order valence-electron chi connectivity index (χ4n) is 2.37. The summed E-state index contributed by atoms with van der Waals surface area (Å²) >= 11 is 5.86. The smallest absolute Gasteiger partial charge is 0.161 e. The lowest BCUT2D eigenvalue weighted by molar-refractivity contribution is 0.495. The maximum Gasteiger partial charge on any atom is 0.161 e. The molecule has 0 amide bonds. The Morgan fingerprint density at radius 3 is 2.19 bits per heavy atom. The number of rotatable bonds is 4. The summed E-state index contributed by atoms with van der Waals surface area (Å²) in [6, 6.07) is 8.51. The molecule has 0 radical (unpaired) electrons. The van der Waals surface area contributed by atoms with E-state index >= 15 is 0 Å². The van der Waals surface area contributed by atoms with Gasteiger partial charge in [0.2, 0.25) is 0 Å². The van der Waals surface area contributed by atoms with Gasteiger partial charge in [-0.15, -0.1) is 0 Å². The van der Waals surface area contributed by atoms with Crippen LogP contribution in [0.2, 0.25) is 5.02 Å². The van der Waals surface area contributed by atoms with Crippen molar-refractivity contribution < 1.29 is 13.2 Å². The summed E-state index contributed by atoms with van der Waals surface area (Å²) in [7, 11) is 0. The van der Waals surface area contributed by atoms with Gasteiger partial charge in [0.25, 0.3) is 0 Å². The lowest BCUT2D eigenvalue weighted by atomic mass is 10.0. The molecule has 2 aromatic rings. The molecule has 1 fully saturated rings. The highest BCUT2D eigenvalue weighted by molar-refractivity contribution is 6.30. The van der Waals surface area contributed by atoms with Crippen LogP contribution in [-0.2, 0) is 0 Å². The minimum absolute atomic E-state index is 0.0271. The van der Waals surface area contributed by atoms with Crippen molar-refractivity contribution in [1.82, 2.24) is 0 Å². The first-order chi connectivity index (χ1) is 10.0. The molecule has 1 aliphatic carbocycles. The monoisotopic (exact) mass is 311 g/mol. The summed E-state index contributed by atoms with van der Waals surface area (Å²) < 4.78 is 40.0. The quantitative estimate of drug-likeness (QED) is 0.753. The molecule has 1 aliphatic rings. The lowest BCUT2D eigenvalue weighted by Crippen LogP contribution is -2.14. The van der Waals surface area contributed by atoms with Crippen LogP contribution in [0, 0.1) is 23.4 Å². The third kappa shape index (κ3) is 3.16. The van der Waals surface area contributed by atoms with E-state index in [0.717, 1.165) is 24.5 Å². The van der Waals surface area contributed by atoms with Gasteiger partial charge in [0.15, 0.2) is 11.6 Å². The second kappa shape index (κ2) is 5.60. The molecule has 0 spiro atoms. The van der Waals surface area contributed by atoms with E-state index < -0.39 is 17.5 Å². The Morgan fingerprint density at radius 1 is 0.952 bits per heavy atom. The van der Waals surface area contributed by atoms with Crippen molar-refractivity contribution in [2.45, 2.75) is 18.9 Å². The van der Waals surface area contributed by atoms with Crippen molar-refractivity contribution in [3.63, 3.8) is 0 Å². The molecule has 0 aliphatic heterocycles. The molecule has 21 heavy (non-hydrogen) atoms. The first kappa shape index (κ1) is 14.3. The molecule has 2 aromatic carbocycles. The Labute approximate surface area is 125 Å². The summed E-state index contributed by atoms with van der Waals surface area (Å²) in [6.07, 6.45) is 2.04. The minimum Gasteiger partial charge on any atom is -0.376 e. The Balaban J connectivity index is 1.89. The van der Waals surface area contributed by atoms with E-state index in [1.807, 2.05) is 12.1 Å². The van der Waals surface area contributed by atoms with E-state index in [9.17, 15) is 13.2 Å². The normalized spacial score (nSPS) is 15.8. The van der Waals surface area contributed by atoms with Gasteiger partial charge in [-0.05, 0) is 36.5 Å². The van der Waals surface area contributed by atoms with Crippen molar-refractivity contribution in [3.8, 4) is 0 Å². The molecular formula is C16H13ClF3N. The predicted octanol–water partition coefficient (Wildman–Crippen LogP) is 5.32. The number of hydrogen-bond acceptors (Lipinski definition) is 1. The highest BCUT2D eigenvalue weighted by Crippen LogP contribution is 2.43. The summed E-state index contributed by atoms with van der Waals surface area (Å²) in [5.41, 5.74) is 0.923. The Bertz CT molecular complexity index is 653. The maximum atomic E-state index is 13.8. The van der Waals surface area contributed by atoms with Crippen LogP contribution in [-0.4, -0.2) is 0 Å². The summed E-state index contributed by atoms with van der Waals surface area (Å²) in [4.78, 5) is 0. The first-order valence-corrected chi connectivity index (χ1v) is 7.09. The van der Waals surface area contributed by atoms with Crippen LogP contribution in [0.15, 0.2) is 36.4 Å². The Hall–Kier alpha value is -1.68. The molecule has 0 bridgehead atoms. The zero-order chi connectivity index (χ0) is 15.0. The maximum absolute atomic E-state index is 13.8. The minimum atomic E-state index is -1.19. The van der Waals surface area contributed by atoms with Crippen LogP contribution in [0.5, 0.6) is 0 Å². The van der Waals surface area contributed by atoms with Gasteiger partial charge in [0, 0.05) is 17.2 Å². The van der Waals surface area contributed by atoms with Crippen molar-refractivity contribution in [1.29, 1.82) is 0 Å². The molecule has 1 N–H and O–H groups in total. The summed E-state index contributed by atoms with van der Waals surface area (Å²) in [5.74, 6) is -2.69. The fourth-order valence-corrected chi connectivity index (χ4v) is 2.50. The number of hydrogen-bond donors (Lipinski definition) is 1. The Kier molecular flexibility index (Phi) is 3.81. The molecule has 5 heteroatoms. The topological polar surface area (TPSA) is 12.0 Å². The number of nitrogens with one attached hydrogen (secondary N) is 1. The van der Waals surface area contributed by atoms with Gasteiger partial charge in [0.1, 0.15) is 5.82 Å². The Morgan fingerprint density at radius 2 is 1.57 bits per heavy atom. The zero-order valence-corrected chi connectivity index (χ0v) is 11.8. The van der Waals surface area contributed by atoms with E-state index in [1.165, 1.54) is 0 Å². The van der Waals surface area contributed by atoms with Crippen LogP contribution in [0.3, 0.4) is 0 Å². The van der Waals surface area contributed by atoms with Gasteiger partial charge in [-0.25, -0.2) is 13.2 Å². The molecule has 1 unspecified atom stereocenters. The molecule has 0 aromatic heterocycles. The van der Waals surface area contributed by atoms with E-state index in [4.69, 9.17) is 11.6 Å².